The molecule has 3 nitrogen and oxygen atoms in total. The lowest BCUT2D eigenvalue weighted by molar-refractivity contribution is -0.0507. The van der Waals surface area contributed by atoms with E-state index in [0.717, 1.165) is 19.5 Å². The Morgan fingerprint density at radius 1 is 1.50 bits per heavy atom. The third kappa shape index (κ3) is 3.54. The van der Waals surface area contributed by atoms with E-state index in [2.05, 4.69) is 9.64 Å². The molecule has 1 atom stereocenters. The smallest absolute Gasteiger partial charge is 0.387 e. The highest BCUT2D eigenvalue weighted by Gasteiger charge is 2.21. The molecule has 0 spiro atoms. The Balaban J connectivity index is 2.11. The number of nitrogens with two attached hydrogens (primary N) is 1. The molecule has 0 saturated carbocycles. The van der Waals surface area contributed by atoms with Gasteiger partial charge in [-0.2, -0.15) is 8.78 Å². The molecule has 2 rings (SSSR count). The van der Waals surface area contributed by atoms with Gasteiger partial charge in [0.25, 0.3) is 0 Å². The summed E-state index contributed by atoms with van der Waals surface area (Å²) in [6.45, 7) is -0.676. The fraction of sp³-hybridized carbons (Fsp3) is 0.500. The highest BCUT2D eigenvalue weighted by Crippen LogP contribution is 2.26. The van der Waals surface area contributed by atoms with Crippen molar-refractivity contribution in [2.45, 2.75) is 25.6 Å². The zero-order chi connectivity index (χ0) is 13.1. The first-order chi connectivity index (χ1) is 8.54. The van der Waals surface area contributed by atoms with E-state index in [4.69, 9.17) is 17.3 Å². The van der Waals surface area contributed by atoms with E-state index < -0.39 is 6.61 Å². The van der Waals surface area contributed by atoms with Gasteiger partial charge in [-0.25, -0.2) is 0 Å². The number of nitrogens with zero attached hydrogens (tertiary/aromatic N) is 1. The maximum absolute atomic E-state index is 12.3. The molecule has 1 aliphatic heterocycles. The van der Waals surface area contributed by atoms with Gasteiger partial charge in [0, 0.05) is 36.3 Å². The van der Waals surface area contributed by atoms with Crippen LogP contribution in [0.2, 0.25) is 5.02 Å². The third-order valence-corrected chi connectivity index (χ3v) is 3.18. The number of ether oxygens (including phenoxy) is 1. The summed E-state index contributed by atoms with van der Waals surface area (Å²) in [5.41, 5.74) is 6.47. The molecule has 0 radical (unpaired) electrons. The molecule has 0 unspecified atom stereocenters. The average molecular weight is 277 g/mol. The van der Waals surface area contributed by atoms with E-state index in [1.54, 1.807) is 12.1 Å². The maximum atomic E-state index is 12.3. The van der Waals surface area contributed by atoms with Gasteiger partial charge in [-0.1, -0.05) is 11.6 Å². The molecule has 2 N–H and O–H groups in total. The molecule has 0 bridgehead atoms. The van der Waals surface area contributed by atoms with Crippen LogP contribution in [0, 0.1) is 0 Å². The minimum atomic E-state index is -2.83. The fourth-order valence-corrected chi connectivity index (χ4v) is 2.32. The summed E-state index contributed by atoms with van der Waals surface area (Å²) < 4.78 is 29.1. The highest BCUT2D eigenvalue weighted by molar-refractivity contribution is 6.30. The Labute approximate surface area is 109 Å². The number of benzene rings is 1. The van der Waals surface area contributed by atoms with Crippen LogP contribution in [0.1, 0.15) is 12.0 Å². The van der Waals surface area contributed by atoms with Crippen molar-refractivity contribution in [3.05, 3.63) is 28.8 Å². The normalized spacial score (nSPS) is 20.6. The molecule has 1 saturated heterocycles. The monoisotopic (exact) mass is 276 g/mol. The Bertz CT molecular complexity index is 417. The number of hydrogen-bond donors (Lipinski definition) is 1. The van der Waals surface area contributed by atoms with Gasteiger partial charge in [0.05, 0.1) is 0 Å². The second-order valence-corrected chi connectivity index (χ2v) is 4.85. The Morgan fingerprint density at radius 3 is 2.89 bits per heavy atom. The summed E-state index contributed by atoms with van der Waals surface area (Å²) in [6.07, 6.45) is 0.922. The topological polar surface area (TPSA) is 38.5 Å². The molecule has 1 heterocycles. The van der Waals surface area contributed by atoms with Crippen molar-refractivity contribution >= 4 is 11.6 Å². The van der Waals surface area contributed by atoms with Crippen LogP contribution in [-0.2, 0) is 6.54 Å². The SMILES string of the molecule is N[C@@H]1CCN(Cc2cc(Cl)ccc2OC(F)F)C1. The molecule has 1 aliphatic rings. The number of rotatable bonds is 4. The predicted octanol–water partition coefficient (Wildman–Crippen LogP) is 2.47. The van der Waals surface area contributed by atoms with Crippen molar-refractivity contribution in [3.8, 4) is 5.75 Å². The lowest BCUT2D eigenvalue weighted by Gasteiger charge is -2.18. The zero-order valence-corrected chi connectivity index (χ0v) is 10.5. The van der Waals surface area contributed by atoms with Gasteiger partial charge in [-0.3, -0.25) is 4.90 Å². The molecule has 0 amide bonds. The van der Waals surface area contributed by atoms with E-state index in [9.17, 15) is 8.78 Å². The van der Waals surface area contributed by atoms with Gasteiger partial charge in [0.2, 0.25) is 0 Å². The van der Waals surface area contributed by atoms with Crippen molar-refractivity contribution in [2.75, 3.05) is 13.1 Å². The van der Waals surface area contributed by atoms with Gasteiger partial charge < -0.3 is 10.5 Å². The second kappa shape index (κ2) is 5.82. The van der Waals surface area contributed by atoms with Crippen LogP contribution in [-0.4, -0.2) is 30.6 Å². The van der Waals surface area contributed by atoms with Crippen LogP contribution in [0.5, 0.6) is 5.75 Å². The summed E-state index contributed by atoms with van der Waals surface area (Å²) >= 11 is 5.88. The largest absolute Gasteiger partial charge is 0.434 e. The molecule has 0 aromatic heterocycles. The zero-order valence-electron chi connectivity index (χ0n) is 9.78. The molecule has 0 aliphatic carbocycles. The first-order valence-corrected chi connectivity index (χ1v) is 6.13. The Kier molecular flexibility index (Phi) is 4.37. The molecule has 1 aromatic rings. The van der Waals surface area contributed by atoms with E-state index in [0.29, 0.717) is 17.1 Å². The summed E-state index contributed by atoms with van der Waals surface area (Å²) in [4.78, 5) is 2.11. The first kappa shape index (κ1) is 13.5. The van der Waals surface area contributed by atoms with Gasteiger partial charge in [0.15, 0.2) is 0 Å². The summed E-state index contributed by atoms with van der Waals surface area (Å²) in [5, 5.41) is 0.509. The van der Waals surface area contributed by atoms with Crippen LogP contribution in [0.4, 0.5) is 8.78 Å². The van der Waals surface area contributed by atoms with Crippen LogP contribution in [0.3, 0.4) is 0 Å². The van der Waals surface area contributed by atoms with Crippen molar-refractivity contribution in [1.29, 1.82) is 0 Å². The molecule has 100 valence electrons. The summed E-state index contributed by atoms with van der Waals surface area (Å²) in [7, 11) is 0. The van der Waals surface area contributed by atoms with Gasteiger partial charge in [0.1, 0.15) is 5.75 Å². The predicted molar refractivity (Wildman–Crippen MR) is 66.0 cm³/mol. The number of alkyl halides is 2. The molecule has 1 fully saturated rings. The molecule has 1 aromatic carbocycles. The van der Waals surface area contributed by atoms with E-state index in [1.165, 1.54) is 6.07 Å². The van der Waals surface area contributed by atoms with Crippen LogP contribution < -0.4 is 10.5 Å². The number of likely N-dealkylation sites (tertiary alicyclic amines) is 1. The standard InChI is InChI=1S/C12H15ClF2N2O/c13-9-1-2-11(18-12(14)15)8(5-9)6-17-4-3-10(16)7-17/h1-2,5,10,12H,3-4,6-7,16H2/t10-/m1/s1. The summed E-state index contributed by atoms with van der Waals surface area (Å²) in [6, 6.07) is 4.82. The highest BCUT2D eigenvalue weighted by atomic mass is 35.5. The van der Waals surface area contributed by atoms with Crippen LogP contribution in [0.25, 0.3) is 0 Å². The minimum absolute atomic E-state index is 0.156. The van der Waals surface area contributed by atoms with Crippen molar-refractivity contribution in [2.24, 2.45) is 5.73 Å². The first-order valence-electron chi connectivity index (χ1n) is 5.76. The fourth-order valence-electron chi connectivity index (χ4n) is 2.13. The average Bonchev–Trinajstić information content (AvgIpc) is 2.67. The Hall–Kier alpha value is -0.910. The van der Waals surface area contributed by atoms with E-state index >= 15 is 0 Å². The van der Waals surface area contributed by atoms with Crippen LogP contribution in [0.15, 0.2) is 18.2 Å². The number of halogens is 3. The van der Waals surface area contributed by atoms with Crippen molar-refractivity contribution in [1.82, 2.24) is 4.90 Å². The van der Waals surface area contributed by atoms with E-state index in [-0.39, 0.29) is 11.8 Å². The molecular formula is C12H15ClF2N2O. The quantitative estimate of drug-likeness (QED) is 0.918. The van der Waals surface area contributed by atoms with E-state index in [1.807, 2.05) is 0 Å². The lowest BCUT2D eigenvalue weighted by atomic mass is 10.2. The third-order valence-electron chi connectivity index (χ3n) is 2.94. The molecule has 18 heavy (non-hydrogen) atoms. The molecular weight excluding hydrogens is 262 g/mol. The van der Waals surface area contributed by atoms with Gasteiger partial charge in [-0.15, -0.1) is 0 Å². The Morgan fingerprint density at radius 2 is 2.28 bits per heavy atom. The van der Waals surface area contributed by atoms with Crippen molar-refractivity contribution < 1.29 is 13.5 Å². The molecule has 6 heteroatoms. The van der Waals surface area contributed by atoms with Gasteiger partial charge in [-0.05, 0) is 24.6 Å². The van der Waals surface area contributed by atoms with Crippen LogP contribution >= 0.6 is 11.6 Å². The van der Waals surface area contributed by atoms with Gasteiger partial charge >= 0.3 is 6.61 Å². The summed E-state index contributed by atoms with van der Waals surface area (Å²) in [5.74, 6) is 0.176. The number of hydrogen-bond acceptors (Lipinski definition) is 3. The minimum Gasteiger partial charge on any atom is -0.434 e. The maximum Gasteiger partial charge on any atom is 0.387 e. The lowest BCUT2D eigenvalue weighted by Crippen LogP contribution is -2.26. The second-order valence-electron chi connectivity index (χ2n) is 4.41. The van der Waals surface area contributed by atoms with Crippen molar-refractivity contribution in [3.63, 3.8) is 0 Å².